The van der Waals surface area contributed by atoms with Crippen LogP contribution < -0.4 is 0 Å². The summed E-state index contributed by atoms with van der Waals surface area (Å²) in [5.74, 6) is 0.764. The third-order valence-electron chi connectivity index (χ3n) is 10.4. The molecule has 6 nitrogen and oxygen atoms in total. The largest absolute Gasteiger partial charge is 0.465 e. The molecule has 0 heterocycles. The van der Waals surface area contributed by atoms with Crippen molar-refractivity contribution in [3.8, 4) is 0 Å². The lowest BCUT2D eigenvalue weighted by Crippen LogP contribution is -2.27. The number of nitrogens with zero attached hydrogens (tertiary/aromatic N) is 1. The van der Waals surface area contributed by atoms with E-state index < -0.39 is 0 Å². The molecule has 2 unspecified atom stereocenters. The molecule has 51 heavy (non-hydrogen) atoms. The molecule has 0 bridgehead atoms. The number of halogens is 1. The van der Waals surface area contributed by atoms with Crippen molar-refractivity contribution < 1.29 is 28.6 Å². The van der Waals surface area contributed by atoms with Gasteiger partial charge in [-0.25, -0.2) is 0 Å². The Morgan fingerprint density at radius 1 is 0.529 bits per heavy atom. The van der Waals surface area contributed by atoms with Crippen LogP contribution in [0.5, 0.6) is 0 Å². The van der Waals surface area contributed by atoms with Gasteiger partial charge in [-0.2, -0.15) is 0 Å². The summed E-state index contributed by atoms with van der Waals surface area (Å²) >= 11 is 0. The number of hydrogen-bond acceptors (Lipinski definition) is 6. The third kappa shape index (κ3) is 34.3. The molecule has 0 amide bonds. The highest BCUT2D eigenvalue weighted by molar-refractivity contribution is 5.72. The van der Waals surface area contributed by atoms with Crippen molar-refractivity contribution in [2.45, 2.75) is 207 Å². The molecule has 0 fully saturated rings. The summed E-state index contributed by atoms with van der Waals surface area (Å²) < 4.78 is 23.5. The van der Waals surface area contributed by atoms with Crippen molar-refractivity contribution in [3.63, 3.8) is 0 Å². The standard InChI is InChI=1S/C44H86FNO5/c1-5-6-31-42(32-21-12-14-22-33-45)44(49)51-39-28-18-10-8-15-23-34-46(36-25-26-37-47)35-24-16-13-20-30-41(4)43(48)50-38-27-17-9-7-11-19-29-40(2)3/h40-42,47H,5-39H2,1-4H3. The van der Waals surface area contributed by atoms with Gasteiger partial charge in [0.2, 0.25) is 0 Å². The van der Waals surface area contributed by atoms with E-state index in [0.717, 1.165) is 128 Å². The summed E-state index contributed by atoms with van der Waals surface area (Å²) in [5.41, 5.74) is 0. The molecule has 0 aromatic carbocycles. The molecule has 0 rings (SSSR count). The zero-order valence-corrected chi connectivity index (χ0v) is 34.4. The van der Waals surface area contributed by atoms with Crippen molar-refractivity contribution in [1.29, 1.82) is 0 Å². The van der Waals surface area contributed by atoms with Crippen LogP contribution >= 0.6 is 0 Å². The van der Waals surface area contributed by atoms with E-state index >= 15 is 0 Å². The number of esters is 2. The van der Waals surface area contributed by atoms with Crippen molar-refractivity contribution in [3.05, 3.63) is 0 Å². The molecule has 0 radical (unpaired) electrons. The Hall–Kier alpha value is -1.21. The number of hydrogen-bond donors (Lipinski definition) is 1. The lowest BCUT2D eigenvalue weighted by atomic mass is 9.95. The molecule has 0 saturated heterocycles. The maximum absolute atomic E-state index is 12.6. The van der Waals surface area contributed by atoms with Gasteiger partial charge in [-0.15, -0.1) is 0 Å². The maximum Gasteiger partial charge on any atom is 0.308 e. The summed E-state index contributed by atoms with van der Waals surface area (Å²) in [7, 11) is 0. The van der Waals surface area contributed by atoms with E-state index in [-0.39, 0.29) is 37.1 Å². The maximum atomic E-state index is 12.6. The van der Waals surface area contributed by atoms with Crippen LogP contribution in [0.4, 0.5) is 4.39 Å². The molecule has 0 aromatic heterocycles. The summed E-state index contributed by atoms with van der Waals surface area (Å²) in [4.78, 5) is 27.6. The average Bonchev–Trinajstić information content (AvgIpc) is 3.11. The summed E-state index contributed by atoms with van der Waals surface area (Å²) in [5, 5.41) is 9.26. The molecule has 2 atom stereocenters. The van der Waals surface area contributed by atoms with Gasteiger partial charge in [0, 0.05) is 6.61 Å². The van der Waals surface area contributed by atoms with Crippen LogP contribution in [0.15, 0.2) is 0 Å². The van der Waals surface area contributed by atoms with Crippen molar-refractivity contribution in [2.24, 2.45) is 17.8 Å². The molecule has 0 aromatic rings. The zero-order valence-electron chi connectivity index (χ0n) is 34.4. The van der Waals surface area contributed by atoms with Crippen LogP contribution in [-0.2, 0) is 19.1 Å². The number of carbonyl (C=O) groups is 2. The monoisotopic (exact) mass is 728 g/mol. The Morgan fingerprint density at radius 2 is 0.961 bits per heavy atom. The van der Waals surface area contributed by atoms with Gasteiger partial charge in [0.25, 0.3) is 0 Å². The van der Waals surface area contributed by atoms with Gasteiger partial charge in [-0.3, -0.25) is 14.0 Å². The van der Waals surface area contributed by atoms with E-state index in [0.29, 0.717) is 19.6 Å². The molecular formula is C44H86FNO5. The van der Waals surface area contributed by atoms with Gasteiger partial charge < -0.3 is 19.5 Å². The summed E-state index contributed by atoms with van der Waals surface area (Å²) in [6, 6.07) is 0. The number of alkyl halides is 1. The Bertz CT molecular complexity index is 751. The predicted molar refractivity (Wildman–Crippen MR) is 214 cm³/mol. The molecule has 0 spiro atoms. The van der Waals surface area contributed by atoms with Gasteiger partial charge in [0.15, 0.2) is 0 Å². The molecule has 0 aliphatic rings. The molecule has 7 heteroatoms. The highest BCUT2D eigenvalue weighted by Crippen LogP contribution is 2.20. The van der Waals surface area contributed by atoms with E-state index in [9.17, 15) is 19.1 Å². The van der Waals surface area contributed by atoms with Gasteiger partial charge >= 0.3 is 11.9 Å². The van der Waals surface area contributed by atoms with Gasteiger partial charge in [0.05, 0.1) is 31.7 Å². The number of aliphatic hydroxyl groups is 1. The fourth-order valence-electron chi connectivity index (χ4n) is 6.82. The molecule has 304 valence electrons. The SMILES string of the molecule is CCCCC(CCCCCCF)C(=O)OCCCCCCCCN(CCCCO)CCCCCCC(C)C(=O)OCCCCCCCCC(C)C. The Labute approximate surface area is 316 Å². The van der Waals surface area contributed by atoms with Crippen LogP contribution in [0, 0.1) is 17.8 Å². The van der Waals surface area contributed by atoms with Crippen LogP contribution in [0.1, 0.15) is 207 Å². The first-order valence-electron chi connectivity index (χ1n) is 22.1. The number of ether oxygens (including phenoxy) is 2. The van der Waals surface area contributed by atoms with Crippen LogP contribution in [0.3, 0.4) is 0 Å². The number of carbonyl (C=O) groups excluding carboxylic acids is 2. The Kier molecular flexibility index (Phi) is 37.6. The normalized spacial score (nSPS) is 12.9. The first kappa shape index (κ1) is 49.8. The lowest BCUT2D eigenvalue weighted by Gasteiger charge is -2.22. The van der Waals surface area contributed by atoms with Gasteiger partial charge in [-0.1, -0.05) is 143 Å². The van der Waals surface area contributed by atoms with E-state index in [1.807, 2.05) is 6.92 Å². The number of aliphatic hydroxyl groups excluding tert-OH is 1. The second kappa shape index (κ2) is 38.5. The highest BCUT2D eigenvalue weighted by atomic mass is 19.1. The van der Waals surface area contributed by atoms with Crippen molar-refractivity contribution >= 4 is 11.9 Å². The van der Waals surface area contributed by atoms with Crippen molar-refractivity contribution in [1.82, 2.24) is 4.90 Å². The summed E-state index contributed by atoms with van der Waals surface area (Å²) in [6.07, 6.45) is 30.5. The molecule has 0 aliphatic heterocycles. The van der Waals surface area contributed by atoms with Crippen LogP contribution in [0.2, 0.25) is 0 Å². The molecule has 0 aliphatic carbocycles. The number of unbranched alkanes of at least 4 members (excludes halogenated alkanes) is 18. The van der Waals surface area contributed by atoms with Crippen LogP contribution in [0.25, 0.3) is 0 Å². The van der Waals surface area contributed by atoms with E-state index in [1.54, 1.807) is 0 Å². The van der Waals surface area contributed by atoms with Crippen molar-refractivity contribution in [2.75, 3.05) is 46.1 Å². The second-order valence-electron chi connectivity index (χ2n) is 15.9. The zero-order chi connectivity index (χ0) is 37.6. The third-order valence-corrected chi connectivity index (χ3v) is 10.4. The van der Waals surface area contributed by atoms with Crippen LogP contribution in [-0.4, -0.2) is 68.1 Å². The minimum absolute atomic E-state index is 0.00532. The fraction of sp³-hybridized carbons (Fsp3) is 0.955. The van der Waals surface area contributed by atoms with Gasteiger partial charge in [-0.05, 0) is 89.8 Å². The minimum Gasteiger partial charge on any atom is -0.465 e. The smallest absolute Gasteiger partial charge is 0.308 e. The predicted octanol–water partition coefficient (Wildman–Crippen LogP) is 12.2. The van der Waals surface area contributed by atoms with E-state index in [4.69, 9.17) is 9.47 Å². The highest BCUT2D eigenvalue weighted by Gasteiger charge is 2.19. The Morgan fingerprint density at radius 3 is 1.49 bits per heavy atom. The first-order valence-corrected chi connectivity index (χ1v) is 22.1. The summed E-state index contributed by atoms with van der Waals surface area (Å²) in [6.45, 7) is 13.2. The fourth-order valence-corrected chi connectivity index (χ4v) is 6.82. The average molecular weight is 728 g/mol. The molecule has 1 N–H and O–H groups in total. The van der Waals surface area contributed by atoms with E-state index in [1.165, 1.54) is 70.6 Å². The topological polar surface area (TPSA) is 76.1 Å². The number of rotatable bonds is 40. The first-order chi connectivity index (χ1) is 24.8. The minimum atomic E-state index is -0.243. The quantitative estimate of drug-likeness (QED) is 0.0500. The van der Waals surface area contributed by atoms with Gasteiger partial charge in [0.1, 0.15) is 0 Å². The molecular weight excluding hydrogens is 641 g/mol. The lowest BCUT2D eigenvalue weighted by molar-refractivity contribution is -0.149. The Balaban J connectivity index is 3.98. The second-order valence-corrected chi connectivity index (χ2v) is 15.9. The van der Waals surface area contributed by atoms with E-state index in [2.05, 4.69) is 25.7 Å². The molecule has 0 saturated carbocycles.